The fraction of sp³-hybridized carbons (Fsp3) is 0.500. The summed E-state index contributed by atoms with van der Waals surface area (Å²) in [4.78, 5) is 0. The van der Waals surface area contributed by atoms with E-state index in [0.717, 1.165) is 0 Å². The van der Waals surface area contributed by atoms with Gasteiger partial charge < -0.3 is 10.8 Å². The summed E-state index contributed by atoms with van der Waals surface area (Å²) in [6.45, 7) is 0.444. The van der Waals surface area contributed by atoms with Crippen molar-refractivity contribution in [2.24, 2.45) is 0 Å². The minimum atomic E-state index is 0.0353. The zero-order valence-corrected chi connectivity index (χ0v) is 4.86. The number of aliphatic hydroxyl groups is 1. The monoisotopic (exact) mass is 128 g/mol. The van der Waals surface area contributed by atoms with Gasteiger partial charge in [0.2, 0.25) is 0 Å². The molecule has 0 aliphatic heterocycles. The molecule has 1 rings (SSSR count). The van der Waals surface area contributed by atoms with Gasteiger partial charge in [-0.1, -0.05) is 5.21 Å². The molecule has 0 amide bonds. The number of hydrogen-bond donors (Lipinski definition) is 2. The second-order valence-electron chi connectivity index (χ2n) is 1.61. The second kappa shape index (κ2) is 2.45. The Balaban J connectivity index is 2.69. The first kappa shape index (κ1) is 6.03. The first-order chi connectivity index (χ1) is 4.34. The fourth-order valence-electron chi connectivity index (χ4n) is 0.534. The maximum atomic E-state index is 8.42. The lowest BCUT2D eigenvalue weighted by molar-refractivity contribution is 0.269. The molecule has 0 spiro atoms. The maximum Gasteiger partial charge on any atom is 0.142 e. The van der Waals surface area contributed by atoms with Gasteiger partial charge in [-0.05, 0) is 0 Å². The van der Waals surface area contributed by atoms with Gasteiger partial charge in [0.25, 0.3) is 0 Å². The van der Waals surface area contributed by atoms with Crippen molar-refractivity contribution in [3.05, 3.63) is 6.20 Å². The van der Waals surface area contributed by atoms with Crippen LogP contribution in [0.1, 0.15) is 0 Å². The van der Waals surface area contributed by atoms with Gasteiger partial charge in [-0.2, -0.15) is 0 Å². The third-order valence-electron chi connectivity index (χ3n) is 0.959. The number of nitrogens with two attached hydrogens (primary N) is 1. The van der Waals surface area contributed by atoms with Crippen molar-refractivity contribution in [3.63, 3.8) is 0 Å². The maximum absolute atomic E-state index is 8.42. The van der Waals surface area contributed by atoms with E-state index in [1.54, 1.807) is 0 Å². The molecule has 0 saturated carbocycles. The van der Waals surface area contributed by atoms with Gasteiger partial charge in [0, 0.05) is 0 Å². The minimum Gasteiger partial charge on any atom is -0.394 e. The topological polar surface area (TPSA) is 77.0 Å². The summed E-state index contributed by atoms with van der Waals surface area (Å²) < 4.78 is 1.43. The number of anilines is 1. The fourth-order valence-corrected chi connectivity index (χ4v) is 0.534. The standard InChI is InChI=1S/C4H8N4O/c5-4-3-6-7-8(4)1-2-9/h3,9H,1-2,5H2. The van der Waals surface area contributed by atoms with E-state index in [1.165, 1.54) is 10.9 Å². The van der Waals surface area contributed by atoms with Gasteiger partial charge in [0.15, 0.2) is 0 Å². The van der Waals surface area contributed by atoms with Crippen LogP contribution in [0.3, 0.4) is 0 Å². The third-order valence-corrected chi connectivity index (χ3v) is 0.959. The van der Waals surface area contributed by atoms with Gasteiger partial charge >= 0.3 is 0 Å². The third kappa shape index (κ3) is 1.17. The van der Waals surface area contributed by atoms with Crippen molar-refractivity contribution in [3.8, 4) is 0 Å². The molecule has 50 valence electrons. The predicted molar refractivity (Wildman–Crippen MR) is 31.5 cm³/mol. The molecule has 1 heterocycles. The second-order valence-corrected chi connectivity index (χ2v) is 1.61. The Morgan fingerprint density at radius 3 is 3.00 bits per heavy atom. The van der Waals surface area contributed by atoms with E-state index in [9.17, 15) is 0 Å². The molecule has 1 aromatic rings. The number of nitrogens with zero attached hydrogens (tertiary/aromatic N) is 3. The lowest BCUT2D eigenvalue weighted by atomic mass is 10.6. The molecule has 0 aliphatic carbocycles. The molecule has 0 radical (unpaired) electrons. The number of nitrogen functional groups attached to an aromatic ring is 1. The van der Waals surface area contributed by atoms with Crippen LogP contribution < -0.4 is 5.73 Å². The van der Waals surface area contributed by atoms with Crippen LogP contribution >= 0.6 is 0 Å². The number of hydrogen-bond acceptors (Lipinski definition) is 4. The summed E-state index contributed by atoms with van der Waals surface area (Å²) in [6, 6.07) is 0. The largest absolute Gasteiger partial charge is 0.394 e. The Morgan fingerprint density at radius 2 is 2.56 bits per heavy atom. The molecule has 0 atom stereocenters. The zero-order valence-electron chi connectivity index (χ0n) is 4.86. The Labute approximate surface area is 52.1 Å². The molecule has 0 aliphatic rings. The van der Waals surface area contributed by atoms with Crippen molar-refractivity contribution < 1.29 is 5.11 Å². The molecule has 0 saturated heterocycles. The first-order valence-corrected chi connectivity index (χ1v) is 2.59. The Morgan fingerprint density at radius 1 is 1.78 bits per heavy atom. The van der Waals surface area contributed by atoms with Crippen molar-refractivity contribution >= 4 is 5.82 Å². The average molecular weight is 128 g/mol. The molecular formula is C4H8N4O. The molecule has 0 fully saturated rings. The summed E-state index contributed by atoms with van der Waals surface area (Å²) in [5, 5.41) is 15.5. The highest BCUT2D eigenvalue weighted by molar-refractivity contribution is 5.21. The Hall–Kier alpha value is -1.10. The van der Waals surface area contributed by atoms with Crippen molar-refractivity contribution in [1.29, 1.82) is 0 Å². The van der Waals surface area contributed by atoms with E-state index in [0.29, 0.717) is 12.4 Å². The molecule has 0 bridgehead atoms. The van der Waals surface area contributed by atoms with E-state index in [-0.39, 0.29) is 6.61 Å². The average Bonchev–Trinajstić information content (AvgIpc) is 2.18. The van der Waals surface area contributed by atoms with Gasteiger partial charge in [0.05, 0.1) is 19.3 Å². The molecule has 1 aromatic heterocycles. The Bertz CT molecular complexity index is 184. The summed E-state index contributed by atoms with van der Waals surface area (Å²) in [5.74, 6) is 0.476. The lowest BCUT2D eigenvalue weighted by Crippen LogP contribution is -2.07. The molecule has 3 N–H and O–H groups in total. The predicted octanol–water partition coefficient (Wildman–Crippen LogP) is -1.15. The summed E-state index contributed by atoms with van der Waals surface area (Å²) >= 11 is 0. The highest BCUT2D eigenvalue weighted by Gasteiger charge is 1.94. The molecule has 5 nitrogen and oxygen atoms in total. The smallest absolute Gasteiger partial charge is 0.142 e. The normalized spacial score (nSPS) is 9.89. The van der Waals surface area contributed by atoms with Crippen LogP contribution in [0, 0.1) is 0 Å². The van der Waals surface area contributed by atoms with Crippen LogP contribution in [0.2, 0.25) is 0 Å². The quantitative estimate of drug-likeness (QED) is 0.527. The van der Waals surface area contributed by atoms with Crippen LogP contribution in [0.4, 0.5) is 5.82 Å². The molecule has 0 aromatic carbocycles. The van der Waals surface area contributed by atoms with Gasteiger partial charge in [0.1, 0.15) is 5.82 Å². The highest BCUT2D eigenvalue weighted by atomic mass is 16.3. The van der Waals surface area contributed by atoms with Crippen LogP contribution in [0.15, 0.2) is 6.20 Å². The van der Waals surface area contributed by atoms with Gasteiger partial charge in [-0.3, -0.25) is 0 Å². The molecular weight excluding hydrogens is 120 g/mol. The zero-order chi connectivity index (χ0) is 6.69. The number of rotatable bonds is 2. The van der Waals surface area contributed by atoms with Crippen LogP contribution in [0.25, 0.3) is 0 Å². The SMILES string of the molecule is Nc1cnnn1CCO. The van der Waals surface area contributed by atoms with Crippen LogP contribution in [-0.2, 0) is 6.54 Å². The lowest BCUT2D eigenvalue weighted by Gasteiger charge is -1.95. The van der Waals surface area contributed by atoms with Crippen LogP contribution in [0.5, 0.6) is 0 Å². The van der Waals surface area contributed by atoms with Crippen molar-refractivity contribution in [1.82, 2.24) is 15.0 Å². The van der Waals surface area contributed by atoms with E-state index < -0.39 is 0 Å². The molecule has 0 unspecified atom stereocenters. The summed E-state index contributed by atoms with van der Waals surface area (Å²) in [6.07, 6.45) is 1.44. The van der Waals surface area contributed by atoms with Crippen LogP contribution in [-0.4, -0.2) is 26.7 Å². The minimum absolute atomic E-state index is 0.0353. The Kier molecular flexibility index (Phi) is 1.64. The molecule has 5 heteroatoms. The number of aliphatic hydroxyl groups excluding tert-OH is 1. The highest BCUT2D eigenvalue weighted by Crippen LogP contribution is 1.93. The number of aromatic nitrogens is 3. The van der Waals surface area contributed by atoms with Crippen molar-refractivity contribution in [2.45, 2.75) is 6.54 Å². The van der Waals surface area contributed by atoms with Crippen molar-refractivity contribution in [2.75, 3.05) is 12.3 Å². The van der Waals surface area contributed by atoms with Gasteiger partial charge in [-0.15, -0.1) is 5.10 Å². The van der Waals surface area contributed by atoms with E-state index in [4.69, 9.17) is 10.8 Å². The van der Waals surface area contributed by atoms with E-state index >= 15 is 0 Å². The van der Waals surface area contributed by atoms with E-state index in [2.05, 4.69) is 10.3 Å². The molecule has 9 heavy (non-hydrogen) atoms. The first-order valence-electron chi connectivity index (χ1n) is 2.59. The summed E-state index contributed by atoms with van der Waals surface area (Å²) in [7, 11) is 0. The summed E-state index contributed by atoms with van der Waals surface area (Å²) in [5.41, 5.74) is 5.35. The van der Waals surface area contributed by atoms with Gasteiger partial charge in [-0.25, -0.2) is 4.68 Å². The van der Waals surface area contributed by atoms with E-state index in [1.807, 2.05) is 0 Å².